The fourth-order valence-electron chi connectivity index (χ4n) is 7.96. The molecule has 0 amide bonds. The molecule has 168 valence electrons. The van der Waals surface area contributed by atoms with E-state index in [0.29, 0.717) is 17.6 Å². The van der Waals surface area contributed by atoms with Gasteiger partial charge in [0.05, 0.1) is 0 Å². The number of ether oxygens (including phenoxy) is 1. The highest BCUT2D eigenvalue weighted by molar-refractivity contribution is 5.79. The predicted molar refractivity (Wildman–Crippen MR) is 119 cm³/mol. The van der Waals surface area contributed by atoms with E-state index in [1.807, 2.05) is 13.8 Å². The van der Waals surface area contributed by atoms with Crippen LogP contribution in [-0.2, 0) is 14.3 Å². The second-order valence-corrected chi connectivity index (χ2v) is 11.6. The first-order valence-electron chi connectivity index (χ1n) is 12.3. The minimum Gasteiger partial charge on any atom is -0.457 e. The predicted octanol–water partition coefficient (Wildman–Crippen LogP) is 5.05. The highest BCUT2D eigenvalue weighted by Crippen LogP contribution is 2.66. The molecule has 0 aromatic rings. The molecule has 2 N–H and O–H groups in total. The lowest BCUT2D eigenvalue weighted by Crippen LogP contribution is -2.51. The maximum absolute atomic E-state index is 12.4. The van der Waals surface area contributed by atoms with Crippen molar-refractivity contribution in [1.29, 1.82) is 0 Å². The summed E-state index contributed by atoms with van der Waals surface area (Å²) < 4.78 is 5.79. The molecule has 3 unspecified atom stereocenters. The fraction of sp³-hybridized carbons (Fsp3) is 0.846. The molecule has 0 aliphatic heterocycles. The number of carbonyl (C=O) groups excluding carboxylic acids is 2. The summed E-state index contributed by atoms with van der Waals surface area (Å²) in [5.74, 6) is 2.65. The van der Waals surface area contributed by atoms with E-state index < -0.39 is 6.04 Å². The highest BCUT2D eigenvalue weighted by atomic mass is 16.5. The van der Waals surface area contributed by atoms with Crippen molar-refractivity contribution in [2.75, 3.05) is 0 Å². The second kappa shape index (κ2) is 7.76. The van der Waals surface area contributed by atoms with Crippen LogP contribution in [0, 0.1) is 40.4 Å². The van der Waals surface area contributed by atoms with Gasteiger partial charge in [0.2, 0.25) is 0 Å². The third-order valence-electron chi connectivity index (χ3n) is 9.82. The van der Waals surface area contributed by atoms with Crippen molar-refractivity contribution < 1.29 is 14.3 Å². The van der Waals surface area contributed by atoms with Gasteiger partial charge in [-0.1, -0.05) is 33.3 Å². The Morgan fingerprint density at radius 2 is 1.80 bits per heavy atom. The molecule has 30 heavy (non-hydrogen) atoms. The van der Waals surface area contributed by atoms with Crippen LogP contribution in [0.25, 0.3) is 0 Å². The van der Waals surface area contributed by atoms with Gasteiger partial charge in [0, 0.05) is 5.92 Å². The number of carbonyl (C=O) groups is 2. The molecule has 0 heterocycles. The number of ketones is 1. The van der Waals surface area contributed by atoms with Crippen LogP contribution in [0.2, 0.25) is 0 Å². The van der Waals surface area contributed by atoms with Crippen molar-refractivity contribution in [2.45, 2.75) is 98.1 Å². The minimum atomic E-state index is -0.542. The van der Waals surface area contributed by atoms with Gasteiger partial charge < -0.3 is 10.5 Å². The number of nitrogens with two attached hydrogens (primary N) is 1. The summed E-state index contributed by atoms with van der Waals surface area (Å²) in [7, 11) is 0. The molecular weight excluding hydrogens is 374 g/mol. The first-order chi connectivity index (χ1) is 14.1. The molecule has 4 heteroatoms. The number of fused-ring (bicyclic) bond motifs is 5. The van der Waals surface area contributed by atoms with Gasteiger partial charge in [-0.25, -0.2) is 0 Å². The van der Waals surface area contributed by atoms with Crippen molar-refractivity contribution in [3.63, 3.8) is 0 Å². The van der Waals surface area contributed by atoms with E-state index in [1.165, 1.54) is 31.3 Å². The summed E-state index contributed by atoms with van der Waals surface area (Å²) in [5.41, 5.74) is 7.94. The van der Waals surface area contributed by atoms with Crippen molar-refractivity contribution in [3.8, 4) is 0 Å². The fourth-order valence-corrected chi connectivity index (χ4v) is 7.96. The number of hydrogen-bond acceptors (Lipinski definition) is 4. The molecule has 0 bridgehead atoms. The monoisotopic (exact) mass is 415 g/mol. The van der Waals surface area contributed by atoms with Crippen LogP contribution < -0.4 is 5.73 Å². The van der Waals surface area contributed by atoms with Gasteiger partial charge in [0.15, 0.2) is 0 Å². The van der Waals surface area contributed by atoms with E-state index in [2.05, 4.69) is 19.9 Å². The summed E-state index contributed by atoms with van der Waals surface area (Å²) in [6.45, 7) is 10.6. The Kier molecular flexibility index (Phi) is 5.70. The molecule has 8 atom stereocenters. The van der Waals surface area contributed by atoms with Gasteiger partial charge in [0.1, 0.15) is 17.9 Å². The number of esters is 1. The molecule has 4 rings (SSSR count). The first-order valence-corrected chi connectivity index (χ1v) is 12.3. The van der Waals surface area contributed by atoms with Gasteiger partial charge in [-0.05, 0) is 98.9 Å². The lowest BCUT2D eigenvalue weighted by molar-refractivity contribution is -0.151. The zero-order chi connectivity index (χ0) is 21.8. The van der Waals surface area contributed by atoms with Crippen molar-refractivity contribution in [1.82, 2.24) is 0 Å². The summed E-state index contributed by atoms with van der Waals surface area (Å²) in [5, 5.41) is 0. The smallest absolute Gasteiger partial charge is 0.323 e. The number of allylic oxidation sites excluding steroid dienone is 1. The van der Waals surface area contributed by atoms with Crippen molar-refractivity contribution >= 4 is 11.8 Å². The Labute approximate surface area is 182 Å². The quantitative estimate of drug-likeness (QED) is 0.515. The highest BCUT2D eigenvalue weighted by Gasteiger charge is 2.59. The summed E-state index contributed by atoms with van der Waals surface area (Å²) in [4.78, 5) is 24.7. The molecule has 3 fully saturated rings. The van der Waals surface area contributed by atoms with Gasteiger partial charge in [-0.15, -0.1) is 0 Å². The SMILES string of the molecule is CC(=O)[C@H]1CCC2C3CCC4=C[C@@H](OC(=O)[C@@H](N)C(C)C)CC[C@]4(C)C3CC[C@@]21C. The Morgan fingerprint density at radius 3 is 2.47 bits per heavy atom. The normalized spacial score (nSPS) is 43.8. The maximum Gasteiger partial charge on any atom is 0.323 e. The lowest BCUT2D eigenvalue weighted by Gasteiger charge is -2.58. The van der Waals surface area contributed by atoms with E-state index in [-0.39, 0.29) is 34.7 Å². The largest absolute Gasteiger partial charge is 0.457 e. The molecule has 0 saturated heterocycles. The summed E-state index contributed by atoms with van der Waals surface area (Å²) >= 11 is 0. The minimum absolute atomic E-state index is 0.0937. The van der Waals surface area contributed by atoms with Gasteiger partial charge in [-0.3, -0.25) is 9.59 Å². The van der Waals surface area contributed by atoms with Crippen LogP contribution in [0.15, 0.2) is 11.6 Å². The van der Waals surface area contributed by atoms with E-state index in [4.69, 9.17) is 10.5 Å². The molecule has 3 saturated carbocycles. The summed E-state index contributed by atoms with van der Waals surface area (Å²) in [6, 6.07) is -0.542. The standard InChI is InChI=1S/C26H41NO3/c1-15(2)23(27)24(29)30-18-10-12-25(4)17(14-18)6-7-19-21-9-8-20(16(3)28)26(21,5)13-11-22(19)25/h14-15,18-23H,6-13,27H2,1-5H3/t18-,19?,20+,21?,22?,23-,25-,26+/m0/s1. The van der Waals surface area contributed by atoms with Gasteiger partial charge >= 0.3 is 5.97 Å². The van der Waals surface area contributed by atoms with Crippen LogP contribution in [0.5, 0.6) is 0 Å². The molecule has 4 nitrogen and oxygen atoms in total. The number of rotatable bonds is 4. The van der Waals surface area contributed by atoms with Crippen LogP contribution in [0.4, 0.5) is 0 Å². The van der Waals surface area contributed by atoms with E-state index in [0.717, 1.165) is 31.6 Å². The zero-order valence-corrected chi connectivity index (χ0v) is 19.6. The average molecular weight is 416 g/mol. The summed E-state index contributed by atoms with van der Waals surface area (Å²) in [6.07, 6.45) is 11.2. The number of Topliss-reactive ketones (excluding diaryl/α,β-unsaturated/α-hetero) is 1. The van der Waals surface area contributed by atoms with Crippen LogP contribution in [-0.4, -0.2) is 23.9 Å². The molecule has 0 radical (unpaired) electrons. The Morgan fingerprint density at radius 1 is 1.07 bits per heavy atom. The molecule has 0 aromatic heterocycles. The molecular formula is C26H41NO3. The average Bonchev–Trinajstić information content (AvgIpc) is 3.05. The van der Waals surface area contributed by atoms with Crippen LogP contribution in [0.3, 0.4) is 0 Å². The first kappa shape index (κ1) is 22.0. The Hall–Kier alpha value is -1.16. The van der Waals surface area contributed by atoms with Crippen LogP contribution in [0.1, 0.15) is 86.0 Å². The molecule has 4 aliphatic rings. The zero-order valence-electron chi connectivity index (χ0n) is 19.6. The Bertz CT molecular complexity index is 743. The molecule has 0 spiro atoms. The lowest BCUT2D eigenvalue weighted by atomic mass is 9.46. The van der Waals surface area contributed by atoms with Crippen molar-refractivity contribution in [3.05, 3.63) is 11.6 Å². The number of hydrogen-bond donors (Lipinski definition) is 1. The third-order valence-corrected chi connectivity index (χ3v) is 9.82. The van der Waals surface area contributed by atoms with E-state index in [9.17, 15) is 9.59 Å². The third kappa shape index (κ3) is 3.38. The van der Waals surface area contributed by atoms with Crippen molar-refractivity contribution in [2.24, 2.45) is 46.2 Å². The molecule has 4 aliphatic carbocycles. The van der Waals surface area contributed by atoms with E-state index in [1.54, 1.807) is 6.92 Å². The topological polar surface area (TPSA) is 69.4 Å². The van der Waals surface area contributed by atoms with Gasteiger partial charge in [-0.2, -0.15) is 0 Å². The van der Waals surface area contributed by atoms with E-state index >= 15 is 0 Å². The second-order valence-electron chi connectivity index (χ2n) is 11.6. The van der Waals surface area contributed by atoms with Crippen LogP contribution >= 0.6 is 0 Å². The molecule has 0 aromatic carbocycles. The Balaban J connectivity index is 1.51. The maximum atomic E-state index is 12.4. The van der Waals surface area contributed by atoms with Gasteiger partial charge in [0.25, 0.3) is 0 Å².